The fraction of sp³-hybridized carbons (Fsp3) is 0.200. The molecule has 2 N–H and O–H groups in total. The molecule has 42 heavy (non-hydrogen) atoms. The van der Waals surface area contributed by atoms with E-state index in [1.54, 1.807) is 6.07 Å². The smallest absolute Gasteiger partial charge is 0.326 e. The maximum atomic E-state index is 12.8. The molecule has 0 aliphatic carbocycles. The van der Waals surface area contributed by atoms with Crippen LogP contribution in [0.4, 0.5) is 0 Å². The van der Waals surface area contributed by atoms with E-state index >= 15 is 0 Å². The number of nitrogens with zero attached hydrogens (tertiary/aromatic N) is 2. The van der Waals surface area contributed by atoms with Crippen LogP contribution in [-0.2, 0) is 16.6 Å². The minimum absolute atomic E-state index is 0.0747. The van der Waals surface area contributed by atoms with Crippen LogP contribution in [0.25, 0.3) is 33.6 Å². The third-order valence-electron chi connectivity index (χ3n) is 7.08. The van der Waals surface area contributed by atoms with Gasteiger partial charge in [0.1, 0.15) is 6.04 Å². The minimum atomic E-state index is -1.08. The predicted octanol–water partition coefficient (Wildman–Crippen LogP) is 7.57. The number of rotatable bonds is 8. The van der Waals surface area contributed by atoms with E-state index in [0.717, 1.165) is 32.7 Å². The standard InChI is InChI=1S/C35H33N3O3S/c1-22-5-9-24(10-6-22)25-13-15-26(16-14-25)28-20-36-32(37-21-28)27-11-7-23(8-12-27)19-29(34(40)41)38-33(39)30-17-18-31(42-30)35(2,3)4/h5-18,20-21,29H,19H2,1-4H3,(H,38,39)(H,40,41). The summed E-state index contributed by atoms with van der Waals surface area (Å²) in [5, 5.41) is 12.4. The number of amides is 1. The molecule has 0 saturated carbocycles. The van der Waals surface area contributed by atoms with Gasteiger partial charge >= 0.3 is 5.97 Å². The van der Waals surface area contributed by atoms with E-state index in [1.807, 2.05) is 42.7 Å². The van der Waals surface area contributed by atoms with E-state index < -0.39 is 12.0 Å². The quantitative estimate of drug-likeness (QED) is 0.199. The zero-order valence-electron chi connectivity index (χ0n) is 24.1. The van der Waals surface area contributed by atoms with Crippen molar-refractivity contribution in [2.45, 2.75) is 45.6 Å². The number of aryl methyl sites for hydroxylation is 1. The molecule has 0 fully saturated rings. The Morgan fingerprint density at radius 2 is 1.29 bits per heavy atom. The molecule has 0 radical (unpaired) electrons. The van der Waals surface area contributed by atoms with Crippen LogP contribution in [0.1, 0.15) is 46.4 Å². The van der Waals surface area contributed by atoms with E-state index in [2.05, 4.69) is 91.5 Å². The van der Waals surface area contributed by atoms with Gasteiger partial charge in [0, 0.05) is 34.8 Å². The molecule has 2 aromatic heterocycles. The van der Waals surface area contributed by atoms with Crippen molar-refractivity contribution >= 4 is 23.2 Å². The van der Waals surface area contributed by atoms with Gasteiger partial charge in [-0.05, 0) is 46.7 Å². The average Bonchev–Trinajstić information content (AvgIpc) is 3.50. The number of nitrogens with one attached hydrogen (secondary N) is 1. The third kappa shape index (κ3) is 6.81. The van der Waals surface area contributed by atoms with Crippen LogP contribution in [0.2, 0.25) is 0 Å². The van der Waals surface area contributed by atoms with Gasteiger partial charge in [-0.3, -0.25) is 4.79 Å². The Balaban J connectivity index is 1.23. The van der Waals surface area contributed by atoms with E-state index in [-0.39, 0.29) is 17.7 Å². The van der Waals surface area contributed by atoms with Gasteiger partial charge < -0.3 is 10.4 Å². The van der Waals surface area contributed by atoms with E-state index in [4.69, 9.17) is 0 Å². The van der Waals surface area contributed by atoms with Crippen molar-refractivity contribution in [3.8, 4) is 33.6 Å². The fourth-order valence-electron chi connectivity index (χ4n) is 4.55. The number of aliphatic carboxylic acids is 1. The molecule has 212 valence electrons. The lowest BCUT2D eigenvalue weighted by Gasteiger charge is -2.16. The monoisotopic (exact) mass is 575 g/mol. The van der Waals surface area contributed by atoms with Crippen molar-refractivity contribution in [3.63, 3.8) is 0 Å². The summed E-state index contributed by atoms with van der Waals surface area (Å²) >= 11 is 1.39. The largest absolute Gasteiger partial charge is 0.480 e. The highest BCUT2D eigenvalue weighted by molar-refractivity contribution is 7.14. The van der Waals surface area contributed by atoms with Crippen LogP contribution in [0, 0.1) is 6.92 Å². The molecule has 0 spiro atoms. The molecule has 0 bridgehead atoms. The summed E-state index contributed by atoms with van der Waals surface area (Å²) in [5.74, 6) is -0.874. The molecule has 1 atom stereocenters. The summed E-state index contributed by atoms with van der Waals surface area (Å²) in [6.45, 7) is 8.31. The van der Waals surface area contributed by atoms with Crippen molar-refractivity contribution in [3.05, 3.63) is 118 Å². The molecule has 7 heteroatoms. The lowest BCUT2D eigenvalue weighted by Crippen LogP contribution is -2.42. The summed E-state index contributed by atoms with van der Waals surface area (Å²) in [4.78, 5) is 35.4. The summed E-state index contributed by atoms with van der Waals surface area (Å²) in [7, 11) is 0. The van der Waals surface area contributed by atoms with Crippen LogP contribution in [-0.4, -0.2) is 33.0 Å². The number of carbonyl (C=O) groups is 2. The number of aromatic nitrogens is 2. The molecule has 5 aromatic rings. The number of carbonyl (C=O) groups excluding carboxylic acids is 1. The Bertz CT molecular complexity index is 1680. The first-order chi connectivity index (χ1) is 20.1. The number of benzene rings is 3. The van der Waals surface area contributed by atoms with Crippen molar-refractivity contribution in [1.29, 1.82) is 0 Å². The van der Waals surface area contributed by atoms with Crippen molar-refractivity contribution in [2.24, 2.45) is 0 Å². The maximum absolute atomic E-state index is 12.8. The molecule has 5 rings (SSSR count). The first-order valence-electron chi connectivity index (χ1n) is 13.8. The fourth-order valence-corrected chi connectivity index (χ4v) is 5.51. The number of hydrogen-bond acceptors (Lipinski definition) is 5. The minimum Gasteiger partial charge on any atom is -0.480 e. The van der Waals surface area contributed by atoms with Crippen molar-refractivity contribution in [2.75, 3.05) is 0 Å². The Labute approximate surface area is 250 Å². The summed E-state index contributed by atoms with van der Waals surface area (Å²) in [6, 6.07) is 26.9. The maximum Gasteiger partial charge on any atom is 0.326 e. The molecular formula is C35H33N3O3S. The topological polar surface area (TPSA) is 92.2 Å². The second kappa shape index (κ2) is 12.1. The molecule has 1 amide bonds. The zero-order chi connectivity index (χ0) is 29.9. The second-order valence-corrected chi connectivity index (χ2v) is 12.5. The molecule has 0 aliphatic heterocycles. The van der Waals surface area contributed by atoms with E-state index in [1.165, 1.54) is 22.5 Å². The van der Waals surface area contributed by atoms with Crippen LogP contribution in [0.15, 0.2) is 97.3 Å². The first-order valence-corrected chi connectivity index (χ1v) is 14.6. The lowest BCUT2D eigenvalue weighted by atomic mass is 9.95. The van der Waals surface area contributed by atoms with Crippen molar-refractivity contribution in [1.82, 2.24) is 15.3 Å². The van der Waals surface area contributed by atoms with Crippen LogP contribution >= 0.6 is 11.3 Å². The number of carboxylic acid groups (broad SMARTS) is 1. The van der Waals surface area contributed by atoms with E-state index in [0.29, 0.717) is 10.7 Å². The number of hydrogen-bond donors (Lipinski definition) is 2. The second-order valence-electron chi connectivity index (χ2n) is 11.4. The summed E-state index contributed by atoms with van der Waals surface area (Å²) in [6.07, 6.45) is 3.78. The predicted molar refractivity (Wildman–Crippen MR) is 169 cm³/mol. The normalized spacial score (nSPS) is 12.1. The van der Waals surface area contributed by atoms with Gasteiger partial charge in [-0.1, -0.05) is 99.1 Å². The third-order valence-corrected chi connectivity index (χ3v) is 8.59. The SMILES string of the molecule is Cc1ccc(-c2ccc(-c3cnc(-c4ccc(CC(NC(=O)c5ccc(C(C)(C)C)s5)C(=O)O)cc4)nc3)cc2)cc1. The van der Waals surface area contributed by atoms with Gasteiger partial charge in [0.25, 0.3) is 5.91 Å². The molecule has 1 unspecified atom stereocenters. The Morgan fingerprint density at radius 3 is 1.81 bits per heavy atom. The Hall–Kier alpha value is -4.62. The first kappa shape index (κ1) is 28.9. The molecule has 3 aromatic carbocycles. The van der Waals surface area contributed by atoms with Gasteiger partial charge in [0.2, 0.25) is 0 Å². The van der Waals surface area contributed by atoms with Gasteiger partial charge in [-0.25, -0.2) is 14.8 Å². The number of carboxylic acids is 1. The van der Waals surface area contributed by atoms with Crippen LogP contribution in [0.3, 0.4) is 0 Å². The lowest BCUT2D eigenvalue weighted by molar-refractivity contribution is -0.139. The molecule has 6 nitrogen and oxygen atoms in total. The molecular weight excluding hydrogens is 542 g/mol. The average molecular weight is 576 g/mol. The van der Waals surface area contributed by atoms with Crippen LogP contribution in [0.5, 0.6) is 0 Å². The van der Waals surface area contributed by atoms with Gasteiger partial charge in [-0.15, -0.1) is 11.3 Å². The highest BCUT2D eigenvalue weighted by atomic mass is 32.1. The summed E-state index contributed by atoms with van der Waals surface area (Å²) in [5.41, 5.74) is 7.06. The van der Waals surface area contributed by atoms with Crippen molar-refractivity contribution < 1.29 is 14.7 Å². The highest BCUT2D eigenvalue weighted by Gasteiger charge is 2.24. The Kier molecular flexibility index (Phi) is 8.31. The van der Waals surface area contributed by atoms with Crippen LogP contribution < -0.4 is 5.32 Å². The Morgan fingerprint density at radius 1 is 0.762 bits per heavy atom. The highest BCUT2D eigenvalue weighted by Crippen LogP contribution is 2.30. The van der Waals surface area contributed by atoms with Gasteiger partial charge in [-0.2, -0.15) is 0 Å². The van der Waals surface area contributed by atoms with E-state index in [9.17, 15) is 14.7 Å². The molecule has 0 aliphatic rings. The van der Waals surface area contributed by atoms with Gasteiger partial charge in [0.15, 0.2) is 5.82 Å². The molecule has 2 heterocycles. The molecule has 0 saturated heterocycles. The number of thiophene rings is 1. The van der Waals surface area contributed by atoms with Gasteiger partial charge in [0.05, 0.1) is 4.88 Å². The summed E-state index contributed by atoms with van der Waals surface area (Å²) < 4.78 is 0. The zero-order valence-corrected chi connectivity index (χ0v) is 24.9.